The fourth-order valence-corrected chi connectivity index (χ4v) is 3.67. The van der Waals surface area contributed by atoms with Crippen LogP contribution < -0.4 is 4.90 Å². The van der Waals surface area contributed by atoms with E-state index in [-0.39, 0.29) is 12.1 Å². The van der Waals surface area contributed by atoms with Crippen LogP contribution >= 0.6 is 0 Å². The van der Waals surface area contributed by atoms with Crippen molar-refractivity contribution in [3.63, 3.8) is 0 Å². The Morgan fingerprint density at radius 2 is 1.72 bits per heavy atom. The summed E-state index contributed by atoms with van der Waals surface area (Å²) in [5.41, 5.74) is 0.361. The molecular formula is C19H19F3N6O. The van der Waals surface area contributed by atoms with Crippen molar-refractivity contribution in [3.05, 3.63) is 53.6 Å². The summed E-state index contributed by atoms with van der Waals surface area (Å²) in [6.45, 7) is 3.20. The number of hydrogen-bond donors (Lipinski definition) is 0. The molecule has 152 valence electrons. The number of carbonyl (C=O) groups is 1. The number of rotatable bonds is 2. The molecule has 7 nitrogen and oxygen atoms in total. The van der Waals surface area contributed by atoms with Gasteiger partial charge >= 0.3 is 6.03 Å². The van der Waals surface area contributed by atoms with E-state index in [0.717, 1.165) is 18.5 Å². The number of amides is 2. The number of hydrazone groups is 1. The third-order valence-electron chi connectivity index (χ3n) is 5.06. The molecule has 0 saturated carbocycles. The van der Waals surface area contributed by atoms with Gasteiger partial charge in [-0.3, -0.25) is 0 Å². The van der Waals surface area contributed by atoms with Crippen molar-refractivity contribution < 1.29 is 18.0 Å². The zero-order valence-corrected chi connectivity index (χ0v) is 15.7. The van der Waals surface area contributed by atoms with Gasteiger partial charge in [0.25, 0.3) is 0 Å². The first-order valence-electron chi connectivity index (χ1n) is 9.23. The number of piperazine rings is 1. The lowest BCUT2D eigenvalue weighted by molar-refractivity contribution is 0.121. The van der Waals surface area contributed by atoms with Crippen molar-refractivity contribution >= 4 is 18.2 Å². The normalized spacial score (nSPS) is 21.7. The lowest BCUT2D eigenvalue weighted by Crippen LogP contribution is -2.57. The Morgan fingerprint density at radius 1 is 1.03 bits per heavy atom. The summed E-state index contributed by atoms with van der Waals surface area (Å²) < 4.78 is 40.3. The van der Waals surface area contributed by atoms with E-state index in [2.05, 4.69) is 15.1 Å². The molecule has 0 bridgehead atoms. The molecule has 2 amide bonds. The number of urea groups is 1. The molecule has 10 heteroatoms. The van der Waals surface area contributed by atoms with E-state index < -0.39 is 23.5 Å². The van der Waals surface area contributed by atoms with Gasteiger partial charge in [0.2, 0.25) is 5.95 Å². The minimum atomic E-state index is -0.694. The number of aromatic nitrogens is 2. The summed E-state index contributed by atoms with van der Waals surface area (Å²) in [4.78, 5) is 24.6. The summed E-state index contributed by atoms with van der Waals surface area (Å²) in [5, 5.41) is 5.41. The van der Waals surface area contributed by atoms with Crippen LogP contribution in [0, 0.1) is 17.5 Å². The highest BCUT2D eigenvalue weighted by Crippen LogP contribution is 2.31. The number of benzene rings is 1. The number of nitrogens with zero attached hydrogens (tertiary/aromatic N) is 6. The van der Waals surface area contributed by atoms with Crippen molar-refractivity contribution in [3.8, 4) is 0 Å². The molecule has 1 aromatic carbocycles. The molecule has 1 aromatic heterocycles. The van der Waals surface area contributed by atoms with Crippen LogP contribution in [0.3, 0.4) is 0 Å². The van der Waals surface area contributed by atoms with Gasteiger partial charge in [-0.2, -0.15) is 5.10 Å². The molecule has 0 radical (unpaired) electrons. The van der Waals surface area contributed by atoms with Crippen LogP contribution in [-0.4, -0.2) is 57.8 Å². The monoisotopic (exact) mass is 404 g/mol. The third-order valence-corrected chi connectivity index (χ3v) is 5.06. The summed E-state index contributed by atoms with van der Waals surface area (Å²) in [7, 11) is 0. The van der Waals surface area contributed by atoms with Gasteiger partial charge in [0.05, 0.1) is 18.4 Å². The molecular weight excluding hydrogens is 385 g/mol. The summed E-state index contributed by atoms with van der Waals surface area (Å²) in [6, 6.07) is 2.15. The fourth-order valence-electron chi connectivity index (χ4n) is 3.67. The highest BCUT2D eigenvalue weighted by atomic mass is 19.1. The molecule has 29 heavy (non-hydrogen) atoms. The largest absolute Gasteiger partial charge is 0.341 e. The molecule has 4 rings (SSSR count). The molecule has 0 spiro atoms. The van der Waals surface area contributed by atoms with E-state index in [1.54, 1.807) is 11.1 Å². The van der Waals surface area contributed by atoms with Crippen LogP contribution in [0.2, 0.25) is 0 Å². The summed E-state index contributed by atoms with van der Waals surface area (Å²) >= 11 is 0. The maximum Gasteiger partial charge on any atom is 0.341 e. The van der Waals surface area contributed by atoms with Gasteiger partial charge in [0.1, 0.15) is 11.6 Å². The van der Waals surface area contributed by atoms with Gasteiger partial charge in [0, 0.05) is 44.4 Å². The molecule has 2 aliphatic rings. The standard InChI is InChI=1S/C19H19F3N6O/c1-12-11-26(18-23-9-16(22)10-24-18)4-5-27(12)19(29)28-17(2-3-25-28)13-6-14(20)8-15(21)7-13/h3,6-10,12,17H,2,4-5,11H2,1H3/t12-,17-/m0/s1. The van der Waals surface area contributed by atoms with Crippen LogP contribution in [0.4, 0.5) is 23.9 Å². The minimum Gasteiger partial charge on any atom is -0.337 e. The zero-order valence-electron chi connectivity index (χ0n) is 15.7. The second kappa shape index (κ2) is 7.69. The summed E-state index contributed by atoms with van der Waals surface area (Å²) in [5.74, 6) is -1.50. The van der Waals surface area contributed by atoms with Crippen molar-refractivity contribution in [1.82, 2.24) is 19.9 Å². The first-order chi connectivity index (χ1) is 13.9. The Kier molecular flexibility index (Phi) is 5.08. The maximum atomic E-state index is 13.6. The predicted molar refractivity (Wildman–Crippen MR) is 99.8 cm³/mol. The highest BCUT2D eigenvalue weighted by Gasteiger charge is 2.36. The lowest BCUT2D eigenvalue weighted by atomic mass is 10.0. The van der Waals surface area contributed by atoms with Crippen molar-refractivity contribution in [2.75, 3.05) is 24.5 Å². The first-order valence-corrected chi connectivity index (χ1v) is 9.23. The Bertz CT molecular complexity index is 918. The maximum absolute atomic E-state index is 13.6. The van der Waals surface area contributed by atoms with Gasteiger partial charge in [-0.15, -0.1) is 0 Å². The lowest BCUT2D eigenvalue weighted by Gasteiger charge is -2.41. The highest BCUT2D eigenvalue weighted by molar-refractivity contribution is 5.79. The SMILES string of the molecule is C[C@H]1CN(c2ncc(F)cn2)CCN1C(=O)N1N=CC[C@H]1c1cc(F)cc(F)c1. The van der Waals surface area contributed by atoms with E-state index in [0.29, 0.717) is 37.6 Å². The third kappa shape index (κ3) is 3.87. The Hall–Kier alpha value is -3.17. The van der Waals surface area contributed by atoms with Crippen LogP contribution in [0.15, 0.2) is 35.7 Å². The van der Waals surface area contributed by atoms with Crippen LogP contribution in [0.1, 0.15) is 24.9 Å². The minimum absolute atomic E-state index is 0.189. The second-order valence-electron chi connectivity index (χ2n) is 7.07. The van der Waals surface area contributed by atoms with Crippen molar-refractivity contribution in [2.45, 2.75) is 25.4 Å². The molecule has 1 saturated heterocycles. The molecule has 3 heterocycles. The Morgan fingerprint density at radius 3 is 2.38 bits per heavy atom. The Labute approximate surface area is 165 Å². The first kappa shape index (κ1) is 19.2. The van der Waals surface area contributed by atoms with E-state index in [1.165, 1.54) is 17.1 Å². The quantitative estimate of drug-likeness (QED) is 0.772. The molecule has 2 atom stereocenters. The summed E-state index contributed by atoms with van der Waals surface area (Å²) in [6.07, 6.45) is 4.16. The average molecular weight is 404 g/mol. The van der Waals surface area contributed by atoms with Crippen molar-refractivity contribution in [2.24, 2.45) is 5.10 Å². The van der Waals surface area contributed by atoms with Crippen molar-refractivity contribution in [1.29, 1.82) is 0 Å². The number of anilines is 1. The number of hydrogen-bond acceptors (Lipinski definition) is 5. The molecule has 2 aliphatic heterocycles. The van der Waals surface area contributed by atoms with E-state index >= 15 is 0 Å². The molecule has 0 unspecified atom stereocenters. The van der Waals surface area contributed by atoms with Gasteiger partial charge < -0.3 is 9.80 Å². The topological polar surface area (TPSA) is 64.9 Å². The Balaban J connectivity index is 1.47. The van der Waals surface area contributed by atoms with E-state index in [9.17, 15) is 18.0 Å². The van der Waals surface area contributed by atoms with E-state index in [1.807, 2.05) is 11.8 Å². The van der Waals surface area contributed by atoms with Gasteiger partial charge in [-0.05, 0) is 24.6 Å². The van der Waals surface area contributed by atoms with Crippen LogP contribution in [-0.2, 0) is 0 Å². The zero-order chi connectivity index (χ0) is 20.5. The van der Waals surface area contributed by atoms with Gasteiger partial charge in [0.15, 0.2) is 5.82 Å². The van der Waals surface area contributed by atoms with Crippen LogP contribution in [0.25, 0.3) is 0 Å². The number of halogens is 3. The van der Waals surface area contributed by atoms with E-state index in [4.69, 9.17) is 0 Å². The molecule has 2 aromatic rings. The average Bonchev–Trinajstić information content (AvgIpc) is 3.17. The predicted octanol–water partition coefficient (Wildman–Crippen LogP) is 2.96. The molecule has 0 aliphatic carbocycles. The van der Waals surface area contributed by atoms with Gasteiger partial charge in [-0.1, -0.05) is 0 Å². The molecule has 1 fully saturated rings. The van der Waals surface area contributed by atoms with Gasteiger partial charge in [-0.25, -0.2) is 32.9 Å². The number of carbonyl (C=O) groups excluding carboxylic acids is 1. The smallest absolute Gasteiger partial charge is 0.337 e. The second-order valence-corrected chi connectivity index (χ2v) is 7.07. The molecule has 0 N–H and O–H groups in total. The van der Waals surface area contributed by atoms with Crippen LogP contribution in [0.5, 0.6) is 0 Å². The fraction of sp³-hybridized carbons (Fsp3) is 0.368.